The molecule has 3 heterocycles. The summed E-state index contributed by atoms with van der Waals surface area (Å²) in [4.78, 5) is 9.86. The highest BCUT2D eigenvalue weighted by molar-refractivity contribution is 7.12. The van der Waals surface area contributed by atoms with E-state index in [2.05, 4.69) is 46.5 Å². The molecule has 0 amide bonds. The van der Waals surface area contributed by atoms with Gasteiger partial charge in [0.25, 0.3) is 0 Å². The summed E-state index contributed by atoms with van der Waals surface area (Å²) < 4.78 is 10.9. The summed E-state index contributed by atoms with van der Waals surface area (Å²) >= 11 is 1.87. The van der Waals surface area contributed by atoms with Gasteiger partial charge in [0.05, 0.1) is 25.5 Å². The topological polar surface area (TPSA) is 62.0 Å². The van der Waals surface area contributed by atoms with E-state index in [4.69, 9.17) is 9.15 Å². The third-order valence-corrected chi connectivity index (χ3v) is 5.46. The normalized spacial score (nSPS) is 17.2. The molecule has 6 nitrogen and oxygen atoms in total. The average molecular weight is 377 g/mol. The molecule has 3 rings (SSSR count). The molecule has 0 aromatic carbocycles. The molecule has 0 bridgehead atoms. The van der Waals surface area contributed by atoms with E-state index in [9.17, 15) is 0 Å². The minimum atomic E-state index is 0.324. The third-order valence-electron chi connectivity index (χ3n) is 4.36. The van der Waals surface area contributed by atoms with Crippen molar-refractivity contribution in [1.29, 1.82) is 0 Å². The summed E-state index contributed by atoms with van der Waals surface area (Å²) in [7, 11) is 0. The zero-order chi connectivity index (χ0) is 18.2. The van der Waals surface area contributed by atoms with Crippen molar-refractivity contribution in [3.05, 3.63) is 46.0 Å². The predicted molar refractivity (Wildman–Crippen MR) is 106 cm³/mol. The highest BCUT2D eigenvalue weighted by Crippen LogP contribution is 2.27. The molecule has 142 valence electrons. The van der Waals surface area contributed by atoms with Gasteiger partial charge >= 0.3 is 0 Å². The molecule has 0 radical (unpaired) electrons. The Morgan fingerprint density at radius 1 is 1.27 bits per heavy atom. The summed E-state index contributed by atoms with van der Waals surface area (Å²) in [6.45, 7) is 9.92. The zero-order valence-corrected chi connectivity index (χ0v) is 16.3. The van der Waals surface area contributed by atoms with Crippen molar-refractivity contribution < 1.29 is 9.15 Å². The van der Waals surface area contributed by atoms with Gasteiger partial charge in [-0.25, -0.2) is 4.99 Å². The van der Waals surface area contributed by atoms with Gasteiger partial charge in [-0.1, -0.05) is 0 Å². The van der Waals surface area contributed by atoms with Crippen molar-refractivity contribution in [2.24, 2.45) is 4.99 Å². The van der Waals surface area contributed by atoms with E-state index < -0.39 is 0 Å². The Hall–Kier alpha value is -1.83. The molecular weight excluding hydrogens is 348 g/mol. The largest absolute Gasteiger partial charge is 0.467 e. The lowest BCUT2D eigenvalue weighted by atomic mass is 10.2. The standard InChI is InChI=1S/C19H28N4O2S/c1-3-20-19(21-13-16-5-4-10-25-16)22-14-17(18-7-6-15(2)26-18)23-8-11-24-12-9-23/h4-7,10,17H,3,8-9,11-14H2,1-2H3,(H2,20,21,22). The molecule has 2 N–H and O–H groups in total. The maximum Gasteiger partial charge on any atom is 0.191 e. The van der Waals surface area contributed by atoms with Crippen LogP contribution in [0.3, 0.4) is 0 Å². The number of guanidine groups is 1. The fourth-order valence-electron chi connectivity index (χ4n) is 3.03. The average Bonchev–Trinajstić information content (AvgIpc) is 3.32. The summed E-state index contributed by atoms with van der Waals surface area (Å²) in [6, 6.07) is 8.60. The molecule has 1 aliphatic rings. The molecule has 0 spiro atoms. The van der Waals surface area contributed by atoms with Gasteiger partial charge in [0, 0.05) is 35.9 Å². The van der Waals surface area contributed by atoms with Crippen LogP contribution in [0.15, 0.2) is 39.9 Å². The molecule has 1 aliphatic heterocycles. The van der Waals surface area contributed by atoms with E-state index in [1.807, 2.05) is 23.5 Å². The third kappa shape index (κ3) is 5.33. The molecule has 2 aromatic heterocycles. The first-order chi connectivity index (χ1) is 12.8. The molecule has 1 atom stereocenters. The number of furan rings is 1. The van der Waals surface area contributed by atoms with Gasteiger partial charge < -0.3 is 19.8 Å². The van der Waals surface area contributed by atoms with Gasteiger partial charge in [0.2, 0.25) is 0 Å². The lowest BCUT2D eigenvalue weighted by molar-refractivity contribution is 0.0177. The number of hydrogen-bond donors (Lipinski definition) is 2. The van der Waals surface area contributed by atoms with Crippen LogP contribution in [0.1, 0.15) is 28.5 Å². The van der Waals surface area contributed by atoms with Crippen LogP contribution >= 0.6 is 11.3 Å². The molecule has 1 saturated heterocycles. The van der Waals surface area contributed by atoms with Crippen LogP contribution in [0.25, 0.3) is 0 Å². The lowest BCUT2D eigenvalue weighted by Crippen LogP contribution is -2.46. The van der Waals surface area contributed by atoms with E-state index in [0.717, 1.165) is 51.1 Å². The first-order valence-corrected chi connectivity index (χ1v) is 10.0. The molecule has 26 heavy (non-hydrogen) atoms. The van der Waals surface area contributed by atoms with Gasteiger partial charge in [0.1, 0.15) is 12.3 Å². The minimum Gasteiger partial charge on any atom is -0.467 e. The Morgan fingerprint density at radius 2 is 2.12 bits per heavy atom. The van der Waals surface area contributed by atoms with Crippen LogP contribution in [0.5, 0.6) is 0 Å². The maximum atomic E-state index is 5.53. The van der Waals surface area contributed by atoms with E-state index >= 15 is 0 Å². The Balaban J connectivity index is 1.66. The highest BCUT2D eigenvalue weighted by Gasteiger charge is 2.24. The molecule has 0 aliphatic carbocycles. The fraction of sp³-hybridized carbons (Fsp3) is 0.526. The SMILES string of the molecule is CCNC(=NCc1ccco1)NCC(c1ccc(C)s1)N1CCOCC1. The van der Waals surface area contributed by atoms with Crippen LogP contribution in [0, 0.1) is 6.92 Å². The first kappa shape index (κ1) is 18.9. The fourth-order valence-corrected chi connectivity index (χ4v) is 4.04. The van der Waals surface area contributed by atoms with Crippen molar-refractivity contribution in [2.75, 3.05) is 39.4 Å². The quantitative estimate of drug-likeness (QED) is 0.575. The van der Waals surface area contributed by atoms with Crippen LogP contribution in [0.2, 0.25) is 0 Å². The van der Waals surface area contributed by atoms with E-state index in [0.29, 0.717) is 12.6 Å². The van der Waals surface area contributed by atoms with E-state index in [1.54, 1.807) is 6.26 Å². The van der Waals surface area contributed by atoms with Gasteiger partial charge in [-0.05, 0) is 38.1 Å². The lowest BCUT2D eigenvalue weighted by Gasteiger charge is -2.34. The van der Waals surface area contributed by atoms with Gasteiger partial charge in [-0.15, -0.1) is 11.3 Å². The smallest absolute Gasteiger partial charge is 0.191 e. The molecule has 2 aromatic rings. The summed E-state index contributed by atoms with van der Waals surface area (Å²) in [5, 5.41) is 6.83. The van der Waals surface area contributed by atoms with Gasteiger partial charge in [-0.3, -0.25) is 4.90 Å². The summed E-state index contributed by atoms with van der Waals surface area (Å²) in [5.74, 6) is 1.68. The minimum absolute atomic E-state index is 0.324. The number of rotatable bonds is 7. The number of ether oxygens (including phenoxy) is 1. The van der Waals surface area contributed by atoms with Crippen molar-refractivity contribution in [3.8, 4) is 0 Å². The van der Waals surface area contributed by atoms with E-state index in [-0.39, 0.29) is 0 Å². The van der Waals surface area contributed by atoms with Crippen molar-refractivity contribution in [2.45, 2.75) is 26.4 Å². The van der Waals surface area contributed by atoms with Crippen LogP contribution in [-0.4, -0.2) is 50.3 Å². The van der Waals surface area contributed by atoms with Gasteiger partial charge in [0.15, 0.2) is 5.96 Å². The van der Waals surface area contributed by atoms with Crippen LogP contribution < -0.4 is 10.6 Å². The number of aryl methyl sites for hydroxylation is 1. The van der Waals surface area contributed by atoms with Crippen molar-refractivity contribution >= 4 is 17.3 Å². The molecule has 1 unspecified atom stereocenters. The highest BCUT2D eigenvalue weighted by atomic mass is 32.1. The molecular formula is C19H28N4O2S. The zero-order valence-electron chi connectivity index (χ0n) is 15.5. The van der Waals surface area contributed by atoms with Crippen molar-refractivity contribution in [1.82, 2.24) is 15.5 Å². The second kappa shape index (κ2) is 9.75. The second-order valence-electron chi connectivity index (χ2n) is 6.27. The first-order valence-electron chi connectivity index (χ1n) is 9.19. The molecule has 1 fully saturated rings. The van der Waals surface area contributed by atoms with Gasteiger partial charge in [-0.2, -0.15) is 0 Å². The van der Waals surface area contributed by atoms with Crippen molar-refractivity contribution in [3.63, 3.8) is 0 Å². The van der Waals surface area contributed by atoms with Crippen LogP contribution in [-0.2, 0) is 11.3 Å². The molecule has 7 heteroatoms. The number of morpholine rings is 1. The molecule has 0 saturated carbocycles. The number of nitrogens with zero attached hydrogens (tertiary/aromatic N) is 2. The van der Waals surface area contributed by atoms with Crippen LogP contribution in [0.4, 0.5) is 0 Å². The summed E-state index contributed by atoms with van der Waals surface area (Å²) in [6.07, 6.45) is 1.68. The predicted octanol–water partition coefficient (Wildman–Crippen LogP) is 2.78. The number of nitrogens with one attached hydrogen (secondary N) is 2. The Kier molecular flexibility index (Phi) is 7.11. The Bertz CT molecular complexity index is 678. The maximum absolute atomic E-state index is 5.53. The Labute approximate surface area is 159 Å². The Morgan fingerprint density at radius 3 is 2.77 bits per heavy atom. The number of thiophene rings is 1. The monoisotopic (exact) mass is 376 g/mol. The summed E-state index contributed by atoms with van der Waals surface area (Å²) in [5.41, 5.74) is 0. The second-order valence-corrected chi connectivity index (χ2v) is 7.59. The number of aliphatic imine (C=N–C) groups is 1. The van der Waals surface area contributed by atoms with E-state index in [1.165, 1.54) is 9.75 Å². The number of hydrogen-bond acceptors (Lipinski definition) is 5.